The smallest absolute Gasteiger partial charge is 0.744 e. The Bertz CT molecular complexity index is 636. The summed E-state index contributed by atoms with van der Waals surface area (Å²) in [4.78, 5) is -2.36. The predicted octanol–water partition coefficient (Wildman–Crippen LogP) is -6.48. The molecule has 0 aliphatic carbocycles. The molecule has 1 aromatic carbocycles. The first-order valence-corrected chi connectivity index (χ1v) is 6.61. The van der Waals surface area contributed by atoms with E-state index in [1.807, 2.05) is 0 Å². The van der Waals surface area contributed by atoms with Crippen LogP contribution >= 0.6 is 0 Å². The van der Waals surface area contributed by atoms with Crippen LogP contribution in [-0.4, -0.2) is 31.0 Å². The zero-order valence-electron chi connectivity index (χ0n) is 9.87. The van der Waals surface area contributed by atoms with Crippen LogP contribution in [0.4, 0.5) is 0 Å². The van der Waals surface area contributed by atoms with Crippen LogP contribution in [0.5, 0.6) is 5.75 Å². The van der Waals surface area contributed by atoms with Crippen molar-refractivity contribution >= 4 is 20.2 Å². The van der Waals surface area contributed by atoms with Gasteiger partial charge in [-0.2, -0.15) is 0 Å². The molecular formula is C7H6Li2O7S2. The Balaban J connectivity index is 0. The maximum atomic E-state index is 10.8. The molecule has 1 aromatic rings. The summed E-state index contributed by atoms with van der Waals surface area (Å²) in [5.74, 6) is -0.582. The van der Waals surface area contributed by atoms with Gasteiger partial charge in [0.05, 0.1) is 9.79 Å². The van der Waals surface area contributed by atoms with Crippen LogP contribution < -0.4 is 37.7 Å². The van der Waals surface area contributed by atoms with Crippen LogP contribution in [-0.2, 0) is 20.2 Å². The molecule has 0 unspecified atom stereocenters. The van der Waals surface area contributed by atoms with Crippen molar-refractivity contribution in [1.82, 2.24) is 0 Å². The molecule has 7 nitrogen and oxygen atoms in total. The number of phenolic OH excluding ortho intramolecular Hbond substituents is 1. The average Bonchev–Trinajstić information content (AvgIpc) is 2.05. The second-order valence-corrected chi connectivity index (χ2v) is 5.61. The summed E-state index contributed by atoms with van der Waals surface area (Å²) in [6.45, 7) is 1.02. The normalized spacial score (nSPS) is 11.3. The number of rotatable bonds is 2. The van der Waals surface area contributed by atoms with Gasteiger partial charge in [-0.1, -0.05) is 0 Å². The van der Waals surface area contributed by atoms with Crippen LogP contribution in [0.25, 0.3) is 0 Å². The van der Waals surface area contributed by atoms with Crippen LogP contribution in [0.3, 0.4) is 0 Å². The summed E-state index contributed by atoms with van der Waals surface area (Å²) in [6, 6.07) is 1.41. The number of aromatic hydroxyl groups is 1. The molecule has 0 saturated carbocycles. The van der Waals surface area contributed by atoms with E-state index in [1.54, 1.807) is 0 Å². The van der Waals surface area contributed by atoms with E-state index in [0.717, 1.165) is 13.0 Å². The molecule has 0 spiro atoms. The molecule has 18 heavy (non-hydrogen) atoms. The number of benzene rings is 1. The third kappa shape index (κ3) is 4.30. The molecule has 11 heteroatoms. The minimum Gasteiger partial charge on any atom is -0.744 e. The fraction of sp³-hybridized carbons (Fsp3) is 0.143. The van der Waals surface area contributed by atoms with Gasteiger partial charge in [-0.15, -0.1) is 0 Å². The summed E-state index contributed by atoms with van der Waals surface area (Å²) in [5, 5.41) is 9.15. The van der Waals surface area contributed by atoms with Crippen molar-refractivity contribution in [2.75, 3.05) is 0 Å². The van der Waals surface area contributed by atoms with E-state index in [1.165, 1.54) is 0 Å². The van der Waals surface area contributed by atoms with Gasteiger partial charge in [0.25, 0.3) is 0 Å². The largest absolute Gasteiger partial charge is 1.00 e. The van der Waals surface area contributed by atoms with Gasteiger partial charge in [-0.3, -0.25) is 0 Å². The molecule has 1 N–H and O–H groups in total. The van der Waals surface area contributed by atoms with E-state index in [0.29, 0.717) is 6.07 Å². The van der Waals surface area contributed by atoms with E-state index in [9.17, 15) is 25.9 Å². The molecule has 0 bridgehead atoms. The van der Waals surface area contributed by atoms with E-state index in [2.05, 4.69) is 0 Å². The second kappa shape index (κ2) is 6.46. The molecule has 0 radical (unpaired) electrons. The van der Waals surface area contributed by atoms with E-state index in [-0.39, 0.29) is 37.7 Å². The van der Waals surface area contributed by atoms with Gasteiger partial charge in [0.15, 0.2) is 0 Å². The van der Waals surface area contributed by atoms with Crippen LogP contribution in [0, 0.1) is 6.92 Å². The summed E-state index contributed by atoms with van der Waals surface area (Å²) < 4.78 is 64.6. The van der Waals surface area contributed by atoms with E-state index < -0.39 is 41.3 Å². The van der Waals surface area contributed by atoms with Gasteiger partial charge in [-0.25, -0.2) is 16.8 Å². The van der Waals surface area contributed by atoms with Crippen LogP contribution in [0.2, 0.25) is 0 Å². The molecule has 0 saturated heterocycles. The summed E-state index contributed by atoms with van der Waals surface area (Å²) >= 11 is 0. The van der Waals surface area contributed by atoms with Crippen molar-refractivity contribution in [3.63, 3.8) is 0 Å². The maximum absolute atomic E-state index is 10.8. The Hall–Kier alpha value is 0.0348. The Morgan fingerprint density at radius 2 is 1.44 bits per heavy atom. The molecule has 0 aliphatic rings. The Morgan fingerprint density at radius 1 is 1.00 bits per heavy atom. The van der Waals surface area contributed by atoms with Gasteiger partial charge in [-0.05, 0) is 19.1 Å². The SMILES string of the molecule is Cc1c(O)ccc(S(=O)(=O)[O-])c1S(=O)(=O)[O-].[Li+].[Li+]. The number of hydrogen-bond donors (Lipinski definition) is 1. The monoisotopic (exact) mass is 280 g/mol. The molecule has 1 rings (SSSR count). The minimum atomic E-state index is -5.16. The van der Waals surface area contributed by atoms with Gasteiger partial charge in [0.2, 0.25) is 0 Å². The first kappa shape index (κ1) is 20.4. The van der Waals surface area contributed by atoms with E-state index in [4.69, 9.17) is 5.11 Å². The fourth-order valence-corrected chi connectivity index (χ4v) is 3.19. The average molecular weight is 280 g/mol. The van der Waals surface area contributed by atoms with Crippen molar-refractivity contribution in [2.45, 2.75) is 16.7 Å². The summed E-state index contributed by atoms with van der Waals surface area (Å²) in [5.41, 5.74) is -0.466. The van der Waals surface area contributed by atoms with Gasteiger partial charge >= 0.3 is 37.7 Å². The summed E-state index contributed by atoms with van der Waals surface area (Å²) in [6.07, 6.45) is 0. The second-order valence-electron chi connectivity index (χ2n) is 2.95. The maximum Gasteiger partial charge on any atom is 1.00 e. The first-order chi connectivity index (χ1) is 7.05. The Morgan fingerprint density at radius 3 is 1.78 bits per heavy atom. The van der Waals surface area contributed by atoms with Crippen LogP contribution in [0.15, 0.2) is 21.9 Å². The van der Waals surface area contributed by atoms with Crippen molar-refractivity contribution in [2.24, 2.45) is 0 Å². The van der Waals surface area contributed by atoms with Crippen molar-refractivity contribution in [3.8, 4) is 5.75 Å². The number of phenols is 1. The first-order valence-electron chi connectivity index (χ1n) is 3.79. The molecule has 0 atom stereocenters. The molecular weight excluding hydrogens is 274 g/mol. The summed E-state index contributed by atoms with van der Waals surface area (Å²) in [7, 11) is -10.3. The van der Waals surface area contributed by atoms with Gasteiger partial charge < -0.3 is 14.2 Å². The fourth-order valence-electron chi connectivity index (χ4n) is 1.16. The molecule has 0 fully saturated rings. The Kier molecular flexibility index (Phi) is 7.31. The third-order valence-electron chi connectivity index (χ3n) is 1.86. The molecule has 90 valence electrons. The topological polar surface area (TPSA) is 135 Å². The zero-order valence-corrected chi connectivity index (χ0v) is 11.5. The van der Waals surface area contributed by atoms with Crippen molar-refractivity contribution in [1.29, 1.82) is 0 Å². The van der Waals surface area contributed by atoms with Gasteiger partial charge in [0, 0.05) is 5.56 Å². The van der Waals surface area contributed by atoms with E-state index >= 15 is 0 Å². The standard InChI is InChI=1S/C7H8O7S2.2Li/c1-4-5(8)2-3-6(15(9,10)11)7(4)16(12,13)14;;/h2-3,8H,1H3,(H,9,10,11)(H,12,13,14);;/q;2*+1/p-2. The molecule has 0 amide bonds. The molecule has 0 heterocycles. The Labute approximate surface area is 128 Å². The zero-order chi connectivity index (χ0) is 12.7. The quantitative estimate of drug-likeness (QED) is 0.420. The molecule has 0 aromatic heterocycles. The third-order valence-corrected chi connectivity index (χ3v) is 3.89. The van der Waals surface area contributed by atoms with Crippen LogP contribution in [0.1, 0.15) is 5.56 Å². The van der Waals surface area contributed by atoms with Crippen molar-refractivity contribution < 1.29 is 68.8 Å². The minimum absolute atomic E-state index is 0. The van der Waals surface area contributed by atoms with Gasteiger partial charge in [0.1, 0.15) is 26.0 Å². The number of hydrogen-bond acceptors (Lipinski definition) is 7. The predicted molar refractivity (Wildman–Crippen MR) is 48.8 cm³/mol. The molecule has 0 aliphatic heterocycles. The van der Waals surface area contributed by atoms with Crippen molar-refractivity contribution in [3.05, 3.63) is 17.7 Å².